The summed E-state index contributed by atoms with van der Waals surface area (Å²) in [4.78, 5) is 10.8. The molecule has 0 aromatic heterocycles. The molecule has 0 saturated carbocycles. The molecule has 3 heteroatoms. The van der Waals surface area contributed by atoms with Gasteiger partial charge in [0.1, 0.15) is 0 Å². The second-order valence-corrected chi connectivity index (χ2v) is 5.31. The predicted octanol–water partition coefficient (Wildman–Crippen LogP) is 2.79. The van der Waals surface area contributed by atoms with E-state index in [0.29, 0.717) is 12.8 Å². The van der Waals surface area contributed by atoms with E-state index in [1.807, 2.05) is 45.0 Å². The molecule has 18 heavy (non-hydrogen) atoms. The van der Waals surface area contributed by atoms with Crippen LogP contribution in [0.3, 0.4) is 0 Å². The maximum atomic E-state index is 10.8. The van der Waals surface area contributed by atoms with Crippen molar-refractivity contribution in [1.82, 2.24) is 0 Å². The summed E-state index contributed by atoms with van der Waals surface area (Å²) in [6.07, 6.45) is 0.971. The van der Waals surface area contributed by atoms with Crippen LogP contribution >= 0.6 is 0 Å². The van der Waals surface area contributed by atoms with Crippen molar-refractivity contribution < 1.29 is 15.0 Å². The Balaban J connectivity index is 2.67. The van der Waals surface area contributed by atoms with Gasteiger partial charge in [0.05, 0.1) is 12.0 Å². The van der Waals surface area contributed by atoms with E-state index >= 15 is 0 Å². The van der Waals surface area contributed by atoms with E-state index in [1.165, 1.54) is 5.56 Å². The zero-order chi connectivity index (χ0) is 13.8. The maximum absolute atomic E-state index is 10.8. The number of aryl methyl sites for hydroxylation is 2. The standard InChI is InChI=1S/C15H22O3/c1-11(2)15(18,10-14(16)17)9-8-13-6-4-12(3)5-7-13/h4-7,11,18H,8-10H2,1-3H3,(H,16,17). The quantitative estimate of drug-likeness (QED) is 0.816. The Bertz CT molecular complexity index is 395. The summed E-state index contributed by atoms with van der Waals surface area (Å²) in [5.74, 6) is -1.02. The zero-order valence-electron chi connectivity index (χ0n) is 11.3. The van der Waals surface area contributed by atoms with E-state index in [0.717, 1.165) is 5.56 Å². The van der Waals surface area contributed by atoms with Crippen LogP contribution < -0.4 is 0 Å². The minimum Gasteiger partial charge on any atom is -0.481 e. The van der Waals surface area contributed by atoms with Gasteiger partial charge in [-0.15, -0.1) is 0 Å². The Morgan fingerprint density at radius 1 is 1.28 bits per heavy atom. The highest BCUT2D eigenvalue weighted by Gasteiger charge is 2.33. The van der Waals surface area contributed by atoms with Crippen LogP contribution in [-0.2, 0) is 11.2 Å². The van der Waals surface area contributed by atoms with Crippen molar-refractivity contribution in [2.75, 3.05) is 0 Å². The molecule has 1 atom stereocenters. The van der Waals surface area contributed by atoms with Crippen LogP contribution in [0, 0.1) is 12.8 Å². The van der Waals surface area contributed by atoms with Gasteiger partial charge in [0, 0.05) is 0 Å². The molecule has 0 bridgehead atoms. The van der Waals surface area contributed by atoms with Crippen molar-refractivity contribution in [3.63, 3.8) is 0 Å². The third kappa shape index (κ3) is 4.15. The second kappa shape index (κ2) is 6.01. The summed E-state index contributed by atoms with van der Waals surface area (Å²) in [5, 5.41) is 19.3. The van der Waals surface area contributed by atoms with Crippen molar-refractivity contribution in [1.29, 1.82) is 0 Å². The van der Waals surface area contributed by atoms with Crippen LogP contribution in [-0.4, -0.2) is 21.8 Å². The van der Waals surface area contributed by atoms with Crippen molar-refractivity contribution in [2.45, 2.75) is 45.6 Å². The molecule has 0 heterocycles. The molecular formula is C15H22O3. The Hall–Kier alpha value is -1.35. The SMILES string of the molecule is Cc1ccc(CCC(O)(CC(=O)O)C(C)C)cc1. The van der Waals surface area contributed by atoms with Crippen molar-refractivity contribution in [3.8, 4) is 0 Å². The van der Waals surface area contributed by atoms with Crippen LogP contribution in [0.4, 0.5) is 0 Å². The van der Waals surface area contributed by atoms with Gasteiger partial charge in [0.25, 0.3) is 0 Å². The minimum atomic E-state index is -1.13. The summed E-state index contributed by atoms with van der Waals surface area (Å²) in [5.41, 5.74) is 1.20. The van der Waals surface area contributed by atoms with E-state index in [2.05, 4.69) is 0 Å². The predicted molar refractivity (Wildman–Crippen MR) is 71.5 cm³/mol. The Kier molecular flexibility index (Phi) is 4.91. The first-order valence-electron chi connectivity index (χ1n) is 6.33. The third-order valence-corrected chi connectivity index (χ3v) is 3.50. The molecule has 1 unspecified atom stereocenters. The van der Waals surface area contributed by atoms with Gasteiger partial charge in [-0.2, -0.15) is 0 Å². The number of hydrogen-bond donors (Lipinski definition) is 2. The lowest BCUT2D eigenvalue weighted by Gasteiger charge is -2.30. The van der Waals surface area contributed by atoms with E-state index in [4.69, 9.17) is 5.11 Å². The number of aliphatic hydroxyl groups is 1. The molecule has 2 N–H and O–H groups in total. The van der Waals surface area contributed by atoms with Crippen LogP contribution in [0.25, 0.3) is 0 Å². The van der Waals surface area contributed by atoms with Gasteiger partial charge in [-0.1, -0.05) is 43.7 Å². The molecule has 0 aliphatic heterocycles. The monoisotopic (exact) mass is 250 g/mol. The topological polar surface area (TPSA) is 57.5 Å². The minimum absolute atomic E-state index is 0.0703. The summed E-state index contributed by atoms with van der Waals surface area (Å²) in [6.45, 7) is 5.74. The number of carbonyl (C=O) groups is 1. The number of carboxylic acids is 1. The zero-order valence-corrected chi connectivity index (χ0v) is 11.3. The molecule has 1 aromatic rings. The lowest BCUT2D eigenvalue weighted by atomic mass is 9.82. The van der Waals surface area contributed by atoms with Crippen LogP contribution in [0.2, 0.25) is 0 Å². The van der Waals surface area contributed by atoms with Gasteiger partial charge in [-0.05, 0) is 31.2 Å². The number of hydrogen-bond acceptors (Lipinski definition) is 2. The van der Waals surface area contributed by atoms with Gasteiger partial charge in [0.15, 0.2) is 0 Å². The first kappa shape index (κ1) is 14.7. The number of carboxylic acid groups (broad SMARTS) is 1. The average Bonchev–Trinajstić information content (AvgIpc) is 2.27. The van der Waals surface area contributed by atoms with E-state index in [1.54, 1.807) is 0 Å². The van der Waals surface area contributed by atoms with Gasteiger partial charge < -0.3 is 10.2 Å². The fraction of sp³-hybridized carbons (Fsp3) is 0.533. The number of rotatable bonds is 6. The van der Waals surface area contributed by atoms with E-state index in [9.17, 15) is 9.90 Å². The van der Waals surface area contributed by atoms with Gasteiger partial charge >= 0.3 is 5.97 Å². The molecule has 0 spiro atoms. The largest absolute Gasteiger partial charge is 0.481 e. The fourth-order valence-electron chi connectivity index (χ4n) is 1.96. The van der Waals surface area contributed by atoms with Crippen molar-refractivity contribution >= 4 is 5.97 Å². The first-order chi connectivity index (χ1) is 8.33. The number of aliphatic carboxylic acids is 1. The lowest BCUT2D eigenvalue weighted by molar-refractivity contribution is -0.145. The molecule has 0 fully saturated rings. The summed E-state index contributed by atoms with van der Waals surface area (Å²) >= 11 is 0. The van der Waals surface area contributed by atoms with Crippen LogP contribution in [0.1, 0.15) is 37.8 Å². The van der Waals surface area contributed by atoms with Crippen LogP contribution in [0.15, 0.2) is 24.3 Å². The van der Waals surface area contributed by atoms with Gasteiger partial charge in [-0.3, -0.25) is 4.79 Å². The average molecular weight is 250 g/mol. The second-order valence-electron chi connectivity index (χ2n) is 5.31. The lowest BCUT2D eigenvalue weighted by Crippen LogP contribution is -2.38. The Morgan fingerprint density at radius 2 is 1.83 bits per heavy atom. The molecule has 0 radical (unpaired) electrons. The fourth-order valence-corrected chi connectivity index (χ4v) is 1.96. The molecule has 0 aliphatic rings. The Morgan fingerprint density at radius 3 is 2.28 bits per heavy atom. The number of benzene rings is 1. The maximum Gasteiger partial charge on any atom is 0.306 e. The molecular weight excluding hydrogens is 228 g/mol. The smallest absolute Gasteiger partial charge is 0.306 e. The molecule has 0 saturated heterocycles. The van der Waals surface area contributed by atoms with E-state index < -0.39 is 11.6 Å². The molecule has 3 nitrogen and oxygen atoms in total. The van der Waals surface area contributed by atoms with Gasteiger partial charge in [0.2, 0.25) is 0 Å². The van der Waals surface area contributed by atoms with Gasteiger partial charge in [-0.25, -0.2) is 0 Å². The molecule has 0 amide bonds. The van der Waals surface area contributed by atoms with E-state index in [-0.39, 0.29) is 12.3 Å². The molecule has 1 aromatic carbocycles. The highest BCUT2D eigenvalue weighted by Crippen LogP contribution is 2.27. The normalized spacial score (nSPS) is 14.5. The molecule has 0 aliphatic carbocycles. The van der Waals surface area contributed by atoms with Crippen LogP contribution in [0.5, 0.6) is 0 Å². The summed E-state index contributed by atoms with van der Waals surface area (Å²) < 4.78 is 0. The Labute approximate surface area is 108 Å². The first-order valence-corrected chi connectivity index (χ1v) is 6.33. The summed E-state index contributed by atoms with van der Waals surface area (Å²) in [6, 6.07) is 8.11. The molecule has 100 valence electrons. The van der Waals surface area contributed by atoms with Crippen molar-refractivity contribution in [3.05, 3.63) is 35.4 Å². The third-order valence-electron chi connectivity index (χ3n) is 3.50. The van der Waals surface area contributed by atoms with Crippen molar-refractivity contribution in [2.24, 2.45) is 5.92 Å². The highest BCUT2D eigenvalue weighted by atomic mass is 16.4. The summed E-state index contributed by atoms with van der Waals surface area (Å²) in [7, 11) is 0. The molecule has 1 rings (SSSR count). The highest BCUT2D eigenvalue weighted by molar-refractivity contribution is 5.68.